The maximum absolute atomic E-state index is 13.2. The van der Waals surface area contributed by atoms with Crippen molar-refractivity contribution in [2.75, 3.05) is 13.7 Å². The maximum Gasteiger partial charge on any atom is 0.261 e. The molecular weight excluding hydrogens is 339 g/mol. The van der Waals surface area contributed by atoms with Crippen LogP contribution in [0.1, 0.15) is 5.56 Å². The summed E-state index contributed by atoms with van der Waals surface area (Å²) in [6.07, 6.45) is 0.433. The molecule has 3 aromatic rings. The van der Waals surface area contributed by atoms with Gasteiger partial charge >= 0.3 is 0 Å². The smallest absolute Gasteiger partial charge is 0.261 e. The van der Waals surface area contributed by atoms with Crippen molar-refractivity contribution in [2.24, 2.45) is 0 Å². The van der Waals surface area contributed by atoms with Gasteiger partial charge in [-0.1, -0.05) is 12.1 Å². The lowest BCUT2D eigenvalue weighted by Crippen LogP contribution is -2.29. The predicted molar refractivity (Wildman–Crippen MR) is 94.6 cm³/mol. The monoisotopic (exact) mass is 358 g/mol. The van der Waals surface area contributed by atoms with Crippen molar-refractivity contribution in [3.63, 3.8) is 0 Å². The minimum Gasteiger partial charge on any atom is -0.497 e. The van der Waals surface area contributed by atoms with Gasteiger partial charge in [0.25, 0.3) is 5.56 Å². The SMILES string of the molecule is COc1ccc(COCC(O)Cn2cnc3cc(F)ccc3c2=O)cc1. The van der Waals surface area contributed by atoms with E-state index < -0.39 is 11.9 Å². The van der Waals surface area contributed by atoms with Crippen molar-refractivity contribution in [1.29, 1.82) is 0 Å². The summed E-state index contributed by atoms with van der Waals surface area (Å²) in [6.45, 7) is 0.451. The highest BCUT2D eigenvalue weighted by Gasteiger charge is 2.10. The number of aliphatic hydroxyl groups excluding tert-OH is 1. The number of nitrogens with zero attached hydrogens (tertiary/aromatic N) is 2. The van der Waals surface area contributed by atoms with E-state index in [1.807, 2.05) is 24.3 Å². The second kappa shape index (κ2) is 8.07. The Morgan fingerprint density at radius 3 is 2.73 bits per heavy atom. The van der Waals surface area contributed by atoms with Gasteiger partial charge in [0.05, 0.1) is 50.2 Å². The van der Waals surface area contributed by atoms with E-state index in [2.05, 4.69) is 4.98 Å². The Kier molecular flexibility index (Phi) is 5.60. The molecule has 136 valence electrons. The molecule has 0 saturated heterocycles. The molecule has 1 atom stereocenters. The normalized spacial score (nSPS) is 12.3. The lowest BCUT2D eigenvalue weighted by molar-refractivity contribution is 0.0198. The molecule has 1 aromatic heterocycles. The number of hydrogen-bond donors (Lipinski definition) is 1. The molecule has 1 N–H and O–H groups in total. The Morgan fingerprint density at radius 2 is 2.00 bits per heavy atom. The number of halogens is 1. The highest BCUT2D eigenvalue weighted by molar-refractivity contribution is 5.77. The highest BCUT2D eigenvalue weighted by atomic mass is 19.1. The molecule has 0 saturated carbocycles. The van der Waals surface area contributed by atoms with Gasteiger partial charge in [-0.3, -0.25) is 9.36 Å². The van der Waals surface area contributed by atoms with Crippen molar-refractivity contribution in [3.05, 3.63) is 70.5 Å². The van der Waals surface area contributed by atoms with E-state index in [1.165, 1.54) is 29.1 Å². The Bertz CT molecular complexity index is 940. The average molecular weight is 358 g/mol. The van der Waals surface area contributed by atoms with Crippen LogP contribution in [0, 0.1) is 5.82 Å². The number of hydrogen-bond acceptors (Lipinski definition) is 5. The van der Waals surface area contributed by atoms with Gasteiger partial charge in [0.15, 0.2) is 0 Å². The van der Waals surface area contributed by atoms with Crippen molar-refractivity contribution >= 4 is 10.9 Å². The number of benzene rings is 2. The molecule has 0 bridgehead atoms. The first kappa shape index (κ1) is 18.0. The van der Waals surface area contributed by atoms with Crippen LogP contribution in [-0.4, -0.2) is 34.5 Å². The topological polar surface area (TPSA) is 73.6 Å². The van der Waals surface area contributed by atoms with Gasteiger partial charge in [0.2, 0.25) is 0 Å². The van der Waals surface area contributed by atoms with Crippen LogP contribution >= 0.6 is 0 Å². The summed E-state index contributed by atoms with van der Waals surface area (Å²) < 4.78 is 25.1. The summed E-state index contributed by atoms with van der Waals surface area (Å²) in [6, 6.07) is 11.2. The molecular formula is C19H19FN2O4. The summed E-state index contributed by atoms with van der Waals surface area (Å²) in [5.74, 6) is 0.311. The molecule has 0 aliphatic rings. The fourth-order valence-electron chi connectivity index (χ4n) is 2.58. The first-order valence-electron chi connectivity index (χ1n) is 8.10. The van der Waals surface area contributed by atoms with E-state index in [0.717, 1.165) is 11.3 Å². The summed E-state index contributed by atoms with van der Waals surface area (Å²) in [4.78, 5) is 16.4. The zero-order chi connectivity index (χ0) is 18.5. The van der Waals surface area contributed by atoms with Gasteiger partial charge in [-0.15, -0.1) is 0 Å². The van der Waals surface area contributed by atoms with E-state index in [4.69, 9.17) is 9.47 Å². The molecule has 2 aromatic carbocycles. The number of aromatic nitrogens is 2. The van der Waals surface area contributed by atoms with E-state index in [1.54, 1.807) is 7.11 Å². The second-order valence-electron chi connectivity index (χ2n) is 5.88. The zero-order valence-corrected chi connectivity index (χ0v) is 14.3. The Morgan fingerprint density at radius 1 is 1.23 bits per heavy atom. The number of methoxy groups -OCH3 is 1. The van der Waals surface area contributed by atoms with Gasteiger partial charge in [-0.2, -0.15) is 0 Å². The molecule has 0 aliphatic heterocycles. The molecule has 26 heavy (non-hydrogen) atoms. The largest absolute Gasteiger partial charge is 0.497 e. The van der Waals surface area contributed by atoms with E-state index in [9.17, 15) is 14.3 Å². The van der Waals surface area contributed by atoms with Crippen LogP contribution in [0.5, 0.6) is 5.75 Å². The Balaban J connectivity index is 1.58. The lowest BCUT2D eigenvalue weighted by Gasteiger charge is -2.13. The van der Waals surface area contributed by atoms with Crippen LogP contribution in [0.4, 0.5) is 4.39 Å². The summed E-state index contributed by atoms with van der Waals surface area (Å²) in [5, 5.41) is 10.4. The molecule has 6 nitrogen and oxygen atoms in total. The number of fused-ring (bicyclic) bond motifs is 1. The quantitative estimate of drug-likeness (QED) is 0.700. The van der Waals surface area contributed by atoms with Crippen LogP contribution in [0.3, 0.4) is 0 Å². The van der Waals surface area contributed by atoms with Crippen LogP contribution in [0.25, 0.3) is 10.9 Å². The third-order valence-corrected chi connectivity index (χ3v) is 3.93. The molecule has 3 rings (SSSR count). The van der Waals surface area contributed by atoms with Gasteiger partial charge in [0.1, 0.15) is 11.6 Å². The number of ether oxygens (including phenoxy) is 2. The molecule has 0 spiro atoms. The second-order valence-corrected chi connectivity index (χ2v) is 5.88. The average Bonchev–Trinajstić information content (AvgIpc) is 2.64. The Labute approximate surface area is 149 Å². The van der Waals surface area contributed by atoms with Crippen LogP contribution < -0.4 is 10.3 Å². The predicted octanol–water partition coefficient (Wildman–Crippen LogP) is 2.12. The number of aliphatic hydroxyl groups is 1. The minimum absolute atomic E-state index is 0.0434. The van der Waals surface area contributed by atoms with Crippen molar-refractivity contribution < 1.29 is 19.0 Å². The van der Waals surface area contributed by atoms with E-state index in [-0.39, 0.29) is 24.2 Å². The van der Waals surface area contributed by atoms with Crippen LogP contribution in [-0.2, 0) is 17.9 Å². The Hall–Kier alpha value is -2.77. The fourth-order valence-corrected chi connectivity index (χ4v) is 2.58. The van der Waals surface area contributed by atoms with Crippen LogP contribution in [0.15, 0.2) is 53.6 Å². The fraction of sp³-hybridized carbons (Fsp3) is 0.263. The summed E-state index contributed by atoms with van der Waals surface area (Å²) in [7, 11) is 1.60. The van der Waals surface area contributed by atoms with Gasteiger partial charge in [-0.25, -0.2) is 9.37 Å². The van der Waals surface area contributed by atoms with E-state index >= 15 is 0 Å². The highest BCUT2D eigenvalue weighted by Crippen LogP contribution is 2.12. The minimum atomic E-state index is -0.870. The molecule has 0 amide bonds. The molecule has 7 heteroatoms. The van der Waals surface area contributed by atoms with Crippen molar-refractivity contribution in [3.8, 4) is 5.75 Å². The molecule has 1 heterocycles. The third-order valence-electron chi connectivity index (χ3n) is 3.93. The van der Waals surface area contributed by atoms with Gasteiger partial charge in [-0.05, 0) is 29.8 Å². The van der Waals surface area contributed by atoms with Gasteiger partial charge in [0, 0.05) is 6.07 Å². The molecule has 0 radical (unpaired) electrons. The van der Waals surface area contributed by atoms with Crippen molar-refractivity contribution in [2.45, 2.75) is 19.3 Å². The third kappa shape index (κ3) is 4.25. The maximum atomic E-state index is 13.2. The van der Waals surface area contributed by atoms with Gasteiger partial charge < -0.3 is 14.6 Å². The molecule has 0 fully saturated rings. The zero-order valence-electron chi connectivity index (χ0n) is 14.3. The lowest BCUT2D eigenvalue weighted by atomic mass is 10.2. The molecule has 0 aliphatic carbocycles. The standard InChI is InChI=1S/C19H19FN2O4/c1-25-16-5-2-13(3-6-16)10-26-11-15(23)9-22-12-21-18-8-14(20)4-7-17(18)19(22)24/h2-8,12,15,23H,9-11H2,1H3. The van der Waals surface area contributed by atoms with Crippen molar-refractivity contribution in [1.82, 2.24) is 9.55 Å². The van der Waals surface area contributed by atoms with E-state index in [0.29, 0.717) is 12.0 Å². The number of rotatable bonds is 7. The summed E-state index contributed by atoms with van der Waals surface area (Å²) in [5.41, 5.74) is 0.908. The first-order chi connectivity index (χ1) is 12.6. The summed E-state index contributed by atoms with van der Waals surface area (Å²) >= 11 is 0. The van der Waals surface area contributed by atoms with Crippen LogP contribution in [0.2, 0.25) is 0 Å². The molecule has 1 unspecified atom stereocenters. The first-order valence-corrected chi connectivity index (χ1v) is 8.10.